The lowest BCUT2D eigenvalue weighted by Gasteiger charge is -2.29. The van der Waals surface area contributed by atoms with E-state index in [2.05, 4.69) is 30.1 Å². The number of nitrogen functional groups attached to an aromatic ring is 1. The molecule has 19 heteroatoms. The molecule has 4 rings (SSSR count). The number of anilines is 1. The fraction of sp³-hybridized carbons (Fsp3) is 0.440. The van der Waals surface area contributed by atoms with Crippen molar-refractivity contribution in [2.24, 2.45) is 5.11 Å². The van der Waals surface area contributed by atoms with Crippen LogP contribution in [0.3, 0.4) is 0 Å². The maximum Gasteiger partial charge on any atom is 0.459 e. The summed E-state index contributed by atoms with van der Waals surface area (Å²) in [6, 6.07) is 6.76. The minimum atomic E-state index is -4.46. The second kappa shape index (κ2) is 13.6. The molecule has 6 atom stereocenters. The highest BCUT2D eigenvalue weighted by molar-refractivity contribution is 7.52. The Morgan fingerprint density at radius 2 is 2.02 bits per heavy atom. The number of para-hydroxylation sites is 1. The zero-order chi connectivity index (χ0) is 32.1. The van der Waals surface area contributed by atoms with Gasteiger partial charge in [0.25, 0.3) is 0 Å². The van der Waals surface area contributed by atoms with Gasteiger partial charge in [0, 0.05) is 17.3 Å². The summed E-state index contributed by atoms with van der Waals surface area (Å²) in [4.78, 5) is 27.4. The maximum atomic E-state index is 13.9. The van der Waals surface area contributed by atoms with Crippen LogP contribution < -0.4 is 20.1 Å². The van der Waals surface area contributed by atoms with Crippen LogP contribution >= 0.6 is 7.75 Å². The molecule has 0 aliphatic carbocycles. The van der Waals surface area contributed by atoms with Crippen LogP contribution in [0.2, 0.25) is 0 Å². The molecule has 1 saturated heterocycles. The van der Waals surface area contributed by atoms with Crippen molar-refractivity contribution in [1.82, 2.24) is 24.6 Å². The van der Waals surface area contributed by atoms with Crippen LogP contribution in [0, 0.1) is 0 Å². The van der Waals surface area contributed by atoms with Crippen LogP contribution in [0.4, 0.5) is 5.95 Å². The van der Waals surface area contributed by atoms with Gasteiger partial charge in [-0.3, -0.25) is 9.32 Å². The molecule has 3 aromatic rings. The Bertz CT molecular complexity index is 1550. The number of methoxy groups -OCH3 is 1. The number of hydrogen-bond acceptors (Lipinski definition) is 14. The second-order valence-corrected chi connectivity index (χ2v) is 11.5. The van der Waals surface area contributed by atoms with Crippen molar-refractivity contribution in [3.05, 3.63) is 59.5 Å². The zero-order valence-electron chi connectivity index (χ0n) is 24.1. The quantitative estimate of drug-likeness (QED) is 0.0693. The lowest BCUT2D eigenvalue weighted by molar-refractivity contribution is -0.149. The van der Waals surface area contributed by atoms with Crippen LogP contribution in [0.1, 0.15) is 27.0 Å². The van der Waals surface area contributed by atoms with Gasteiger partial charge >= 0.3 is 13.7 Å². The van der Waals surface area contributed by atoms with Crippen LogP contribution in [0.5, 0.6) is 11.6 Å². The number of ether oxygens (including phenoxy) is 3. The number of esters is 1. The summed E-state index contributed by atoms with van der Waals surface area (Å²) in [6.07, 6.45) is -1.25. The Labute approximate surface area is 251 Å². The fourth-order valence-electron chi connectivity index (χ4n) is 4.15. The standard InChI is InChI=1S/C25H32N9O9P/c1-14(2)41-23(37)15(3)31-44(38,43-16-8-6-5-7-9-16)40-12-25(32-33-27)20(36)19(35)22(42-25)34-11-18(29-13-34)17-10-28-24(26)30-21(17)39-4/h5-11,13-15,19-20,22,35-36H,12H2,1-4H3,(H,31,38)(H2,26,28,30)/t15-,19-,20?,22+,25+,44-/m0/s1. The van der Waals surface area contributed by atoms with Crippen molar-refractivity contribution in [2.75, 3.05) is 19.5 Å². The van der Waals surface area contributed by atoms with Crippen LogP contribution in [-0.4, -0.2) is 79.5 Å². The molecule has 0 saturated carbocycles. The van der Waals surface area contributed by atoms with E-state index in [1.54, 1.807) is 32.0 Å². The first-order chi connectivity index (χ1) is 20.9. The summed E-state index contributed by atoms with van der Waals surface area (Å²) in [6.45, 7) is 3.80. The van der Waals surface area contributed by atoms with Crippen molar-refractivity contribution in [3.8, 4) is 22.9 Å². The Balaban J connectivity index is 1.60. The van der Waals surface area contributed by atoms with E-state index in [-0.39, 0.29) is 17.6 Å². The zero-order valence-corrected chi connectivity index (χ0v) is 25.0. The van der Waals surface area contributed by atoms with Gasteiger partial charge in [0.15, 0.2) is 6.23 Å². The van der Waals surface area contributed by atoms with Crippen LogP contribution in [0.15, 0.2) is 54.2 Å². The molecule has 1 aliphatic rings. The van der Waals surface area contributed by atoms with E-state index in [0.717, 1.165) is 0 Å². The third-order valence-corrected chi connectivity index (χ3v) is 7.84. The maximum absolute atomic E-state index is 13.9. The fourth-order valence-corrected chi connectivity index (χ4v) is 5.67. The van der Waals surface area contributed by atoms with E-state index < -0.39 is 56.6 Å². The van der Waals surface area contributed by atoms with Crippen LogP contribution in [0.25, 0.3) is 21.7 Å². The van der Waals surface area contributed by atoms with Crippen molar-refractivity contribution < 1.29 is 42.8 Å². The van der Waals surface area contributed by atoms with Gasteiger partial charge < -0.3 is 39.2 Å². The molecule has 236 valence electrons. The second-order valence-electron chi connectivity index (χ2n) is 9.85. The number of aliphatic hydroxyl groups is 2. The highest BCUT2D eigenvalue weighted by atomic mass is 31.2. The third kappa shape index (κ3) is 7.26. The Morgan fingerprint density at radius 3 is 2.68 bits per heavy atom. The van der Waals surface area contributed by atoms with Gasteiger partial charge in [0.05, 0.1) is 37.4 Å². The smallest absolute Gasteiger partial charge is 0.459 e. The number of imidazole rings is 1. The van der Waals surface area contributed by atoms with E-state index in [0.29, 0.717) is 11.3 Å². The van der Waals surface area contributed by atoms with E-state index in [1.165, 1.54) is 49.5 Å². The molecular formula is C25H32N9O9P. The van der Waals surface area contributed by atoms with Crippen molar-refractivity contribution in [2.45, 2.75) is 57.1 Å². The van der Waals surface area contributed by atoms with E-state index in [1.807, 2.05) is 0 Å². The minimum Gasteiger partial charge on any atom is -0.480 e. The van der Waals surface area contributed by atoms with Crippen LogP contribution in [-0.2, 0) is 23.4 Å². The van der Waals surface area contributed by atoms with Gasteiger partial charge in [0.1, 0.15) is 24.0 Å². The largest absolute Gasteiger partial charge is 0.480 e. The highest BCUT2D eigenvalue weighted by Gasteiger charge is 2.56. The van der Waals surface area contributed by atoms with Gasteiger partial charge in [-0.05, 0) is 38.4 Å². The van der Waals surface area contributed by atoms with Crippen molar-refractivity contribution in [3.63, 3.8) is 0 Å². The summed E-state index contributed by atoms with van der Waals surface area (Å²) in [7, 11) is -3.08. The topological polar surface area (TPSA) is 251 Å². The molecule has 3 heterocycles. The van der Waals surface area contributed by atoms with Gasteiger partial charge in [0.2, 0.25) is 17.6 Å². The molecule has 1 aromatic carbocycles. The predicted octanol–water partition coefficient (Wildman–Crippen LogP) is 2.32. The first-order valence-corrected chi connectivity index (χ1v) is 14.7. The molecule has 1 aliphatic heterocycles. The molecule has 0 amide bonds. The number of carbonyl (C=O) groups is 1. The predicted molar refractivity (Wildman–Crippen MR) is 153 cm³/mol. The first kappa shape index (κ1) is 32.6. The normalized spacial score (nSPS) is 23.4. The number of benzene rings is 1. The average Bonchev–Trinajstić information content (AvgIpc) is 3.56. The van der Waals surface area contributed by atoms with Gasteiger partial charge in [-0.15, -0.1) is 0 Å². The molecule has 1 unspecified atom stereocenters. The summed E-state index contributed by atoms with van der Waals surface area (Å²) >= 11 is 0. The van der Waals surface area contributed by atoms with Gasteiger partial charge in [-0.1, -0.05) is 23.3 Å². The van der Waals surface area contributed by atoms with E-state index in [4.69, 9.17) is 29.0 Å². The minimum absolute atomic E-state index is 0.0175. The monoisotopic (exact) mass is 633 g/mol. The number of aliphatic hydroxyl groups excluding tert-OH is 2. The number of nitrogens with one attached hydrogen (secondary N) is 1. The lowest BCUT2D eigenvalue weighted by Crippen LogP contribution is -2.45. The average molecular weight is 634 g/mol. The van der Waals surface area contributed by atoms with Crippen molar-refractivity contribution in [1.29, 1.82) is 0 Å². The number of aromatic nitrogens is 4. The number of azide groups is 1. The SMILES string of the molecule is COc1nc(N)ncc1-c1cn([C@@H]2O[C@@](CO[P@@](=O)(N[C@@H](C)C(=O)OC(C)C)Oc3ccccc3)(N=[N+]=[N-])C(O)[C@@H]2O)cn1. The molecule has 18 nitrogen and oxygen atoms in total. The molecule has 0 bridgehead atoms. The first-order valence-electron chi connectivity index (χ1n) is 13.2. The Kier molecular flexibility index (Phi) is 10.1. The van der Waals surface area contributed by atoms with Crippen molar-refractivity contribution >= 4 is 19.7 Å². The highest BCUT2D eigenvalue weighted by Crippen LogP contribution is 2.48. The molecule has 44 heavy (non-hydrogen) atoms. The summed E-state index contributed by atoms with van der Waals surface area (Å²) in [5.41, 5.74) is 13.3. The molecule has 0 spiro atoms. The number of nitrogens with zero attached hydrogens (tertiary/aromatic N) is 7. The summed E-state index contributed by atoms with van der Waals surface area (Å²) < 4.78 is 42.7. The van der Waals surface area contributed by atoms with E-state index in [9.17, 15) is 25.1 Å². The number of nitrogens with two attached hydrogens (primary N) is 1. The summed E-state index contributed by atoms with van der Waals surface area (Å²) in [5.74, 6) is -0.502. The van der Waals surface area contributed by atoms with Gasteiger partial charge in [-0.2, -0.15) is 10.1 Å². The summed E-state index contributed by atoms with van der Waals surface area (Å²) in [5, 5.41) is 28.0. The molecule has 2 aromatic heterocycles. The Morgan fingerprint density at radius 1 is 1.30 bits per heavy atom. The number of rotatable bonds is 13. The third-order valence-electron chi connectivity index (χ3n) is 6.22. The molecular weight excluding hydrogens is 601 g/mol. The molecule has 1 fully saturated rings. The molecule has 0 radical (unpaired) electrons. The number of carbonyl (C=O) groups excluding carboxylic acids is 1. The number of hydrogen-bond donors (Lipinski definition) is 4. The lowest BCUT2D eigenvalue weighted by atomic mass is 10.1. The Hall–Kier alpha value is -4.28. The van der Waals surface area contributed by atoms with E-state index >= 15 is 0 Å². The molecule has 5 N–H and O–H groups in total. The van der Waals surface area contributed by atoms with Gasteiger partial charge in [-0.25, -0.2) is 14.5 Å².